The molecule has 1 aromatic carbocycles. The molecule has 3 aromatic rings. The summed E-state index contributed by atoms with van der Waals surface area (Å²) >= 11 is 0. The standard InChI is InChI=1S/C17H18N4O2S/c22-10-12-24(23)11-9-19-17-14-3-1-2-4-15(14)20-16(21-17)13-5-7-18-8-6-13/h1-8,22H,9-12H2,(H,19,20,21). The summed E-state index contributed by atoms with van der Waals surface area (Å²) in [7, 11) is -1.03. The molecule has 0 saturated carbocycles. The first kappa shape index (κ1) is 16.5. The molecule has 0 aliphatic heterocycles. The van der Waals surface area contributed by atoms with Crippen LogP contribution >= 0.6 is 0 Å². The number of benzene rings is 1. The van der Waals surface area contributed by atoms with Gasteiger partial charge in [0, 0.05) is 52.2 Å². The van der Waals surface area contributed by atoms with Crippen LogP contribution in [0.3, 0.4) is 0 Å². The molecule has 124 valence electrons. The molecule has 1 unspecified atom stereocenters. The number of aliphatic hydroxyl groups excluding tert-OH is 1. The molecule has 0 spiro atoms. The molecule has 0 amide bonds. The normalized spacial score (nSPS) is 12.2. The second kappa shape index (κ2) is 7.94. The SMILES string of the molecule is O=S(CCO)CCNc1nc(-c2ccncc2)nc2ccccc12. The third-order valence-electron chi connectivity index (χ3n) is 3.48. The van der Waals surface area contributed by atoms with Crippen molar-refractivity contribution >= 4 is 27.5 Å². The van der Waals surface area contributed by atoms with E-state index in [9.17, 15) is 4.21 Å². The Kier molecular flexibility index (Phi) is 5.45. The van der Waals surface area contributed by atoms with Crippen molar-refractivity contribution in [3.8, 4) is 11.4 Å². The summed E-state index contributed by atoms with van der Waals surface area (Å²) in [4.78, 5) is 13.2. The van der Waals surface area contributed by atoms with Gasteiger partial charge in [-0.15, -0.1) is 0 Å². The Morgan fingerprint density at radius 2 is 1.83 bits per heavy atom. The van der Waals surface area contributed by atoms with E-state index in [0.29, 0.717) is 29.7 Å². The van der Waals surface area contributed by atoms with Crippen LogP contribution in [0.25, 0.3) is 22.3 Å². The first-order chi connectivity index (χ1) is 11.8. The maximum atomic E-state index is 11.7. The molecule has 2 heterocycles. The maximum absolute atomic E-state index is 11.7. The quantitative estimate of drug-likeness (QED) is 0.681. The van der Waals surface area contributed by atoms with Crippen LogP contribution in [0.15, 0.2) is 48.8 Å². The number of aliphatic hydroxyl groups is 1. The number of fused-ring (bicyclic) bond motifs is 1. The first-order valence-electron chi connectivity index (χ1n) is 7.65. The fraction of sp³-hybridized carbons (Fsp3) is 0.235. The van der Waals surface area contributed by atoms with Gasteiger partial charge < -0.3 is 10.4 Å². The van der Waals surface area contributed by atoms with E-state index >= 15 is 0 Å². The molecule has 0 fully saturated rings. The van der Waals surface area contributed by atoms with Crippen LogP contribution in [-0.2, 0) is 10.8 Å². The van der Waals surface area contributed by atoms with Crippen molar-refractivity contribution in [2.75, 3.05) is 30.0 Å². The van der Waals surface area contributed by atoms with Gasteiger partial charge >= 0.3 is 0 Å². The number of nitrogens with zero attached hydrogens (tertiary/aromatic N) is 3. The van der Waals surface area contributed by atoms with E-state index in [1.807, 2.05) is 36.4 Å². The van der Waals surface area contributed by atoms with Gasteiger partial charge in [-0.2, -0.15) is 0 Å². The highest BCUT2D eigenvalue weighted by Gasteiger charge is 2.09. The third-order valence-corrected chi connectivity index (χ3v) is 4.78. The Morgan fingerprint density at radius 1 is 1.04 bits per heavy atom. The number of nitrogens with one attached hydrogen (secondary N) is 1. The average molecular weight is 342 g/mol. The molecule has 3 rings (SSSR count). The van der Waals surface area contributed by atoms with Crippen molar-refractivity contribution in [2.45, 2.75) is 0 Å². The van der Waals surface area contributed by atoms with Gasteiger partial charge in [0.1, 0.15) is 5.82 Å². The van der Waals surface area contributed by atoms with E-state index in [0.717, 1.165) is 16.5 Å². The van der Waals surface area contributed by atoms with Gasteiger partial charge in [0.05, 0.1) is 12.1 Å². The number of rotatable bonds is 7. The van der Waals surface area contributed by atoms with E-state index in [2.05, 4.69) is 20.3 Å². The van der Waals surface area contributed by atoms with Crippen LogP contribution in [0.1, 0.15) is 0 Å². The van der Waals surface area contributed by atoms with Crippen LogP contribution in [0.5, 0.6) is 0 Å². The van der Waals surface area contributed by atoms with Gasteiger partial charge in [-0.25, -0.2) is 9.97 Å². The minimum atomic E-state index is -1.03. The van der Waals surface area contributed by atoms with E-state index in [1.54, 1.807) is 12.4 Å². The lowest BCUT2D eigenvalue weighted by molar-refractivity contribution is 0.321. The van der Waals surface area contributed by atoms with E-state index < -0.39 is 10.8 Å². The maximum Gasteiger partial charge on any atom is 0.162 e. The molecule has 1 atom stereocenters. The summed E-state index contributed by atoms with van der Waals surface area (Å²) in [5, 5.41) is 13.0. The molecule has 6 nitrogen and oxygen atoms in total. The van der Waals surface area contributed by atoms with Crippen LogP contribution in [0, 0.1) is 0 Å². The largest absolute Gasteiger partial charge is 0.395 e. The molecule has 2 aromatic heterocycles. The molecule has 2 N–H and O–H groups in total. The van der Waals surface area contributed by atoms with Crippen LogP contribution in [0.4, 0.5) is 5.82 Å². The van der Waals surface area contributed by atoms with Crippen molar-refractivity contribution in [1.29, 1.82) is 0 Å². The second-order valence-electron chi connectivity index (χ2n) is 5.15. The highest BCUT2D eigenvalue weighted by Crippen LogP contribution is 2.24. The Hall–Kier alpha value is -2.38. The monoisotopic (exact) mass is 342 g/mol. The third kappa shape index (κ3) is 3.93. The number of pyridine rings is 1. The van der Waals surface area contributed by atoms with Gasteiger partial charge in [0.15, 0.2) is 5.82 Å². The summed E-state index contributed by atoms with van der Waals surface area (Å²) in [5.74, 6) is 2.10. The van der Waals surface area contributed by atoms with E-state index in [-0.39, 0.29) is 6.61 Å². The van der Waals surface area contributed by atoms with Gasteiger partial charge in [-0.05, 0) is 24.3 Å². The van der Waals surface area contributed by atoms with Crippen LogP contribution in [-0.4, -0.2) is 48.9 Å². The molecule has 0 saturated heterocycles. The van der Waals surface area contributed by atoms with Gasteiger partial charge in [-0.3, -0.25) is 9.19 Å². The Labute approximate surface area is 142 Å². The van der Waals surface area contributed by atoms with Crippen molar-refractivity contribution in [3.63, 3.8) is 0 Å². The van der Waals surface area contributed by atoms with Gasteiger partial charge in [0.2, 0.25) is 0 Å². The molecule has 7 heteroatoms. The highest BCUT2D eigenvalue weighted by atomic mass is 32.2. The van der Waals surface area contributed by atoms with E-state index in [1.165, 1.54) is 0 Å². The average Bonchev–Trinajstić information content (AvgIpc) is 2.62. The predicted molar refractivity (Wildman–Crippen MR) is 96.2 cm³/mol. The van der Waals surface area contributed by atoms with Crippen molar-refractivity contribution in [3.05, 3.63) is 48.8 Å². The molecule has 0 bridgehead atoms. The van der Waals surface area contributed by atoms with Crippen LogP contribution < -0.4 is 5.32 Å². The molecular formula is C17H18N4O2S. The molecular weight excluding hydrogens is 324 g/mol. The van der Waals surface area contributed by atoms with Crippen molar-refractivity contribution in [2.24, 2.45) is 0 Å². The Bertz CT molecular complexity index is 842. The lowest BCUT2D eigenvalue weighted by atomic mass is 10.2. The number of hydrogen-bond acceptors (Lipinski definition) is 6. The lowest BCUT2D eigenvalue weighted by Crippen LogP contribution is -2.15. The predicted octanol–water partition coefficient (Wildman–Crippen LogP) is 1.84. The van der Waals surface area contributed by atoms with Crippen molar-refractivity contribution in [1.82, 2.24) is 15.0 Å². The highest BCUT2D eigenvalue weighted by molar-refractivity contribution is 7.85. The van der Waals surface area contributed by atoms with Gasteiger partial charge in [-0.1, -0.05) is 12.1 Å². The molecule has 0 aliphatic rings. The number of para-hydroxylation sites is 1. The molecule has 24 heavy (non-hydrogen) atoms. The minimum absolute atomic E-state index is 0.0603. The zero-order valence-electron chi connectivity index (χ0n) is 13.1. The topological polar surface area (TPSA) is 88.0 Å². The number of aromatic nitrogens is 3. The zero-order chi connectivity index (χ0) is 16.8. The zero-order valence-corrected chi connectivity index (χ0v) is 13.9. The summed E-state index contributed by atoms with van der Waals surface area (Å²) in [5.41, 5.74) is 1.74. The summed E-state index contributed by atoms with van der Waals surface area (Å²) < 4.78 is 11.7. The Balaban J connectivity index is 1.89. The fourth-order valence-corrected chi connectivity index (χ4v) is 3.07. The summed E-state index contributed by atoms with van der Waals surface area (Å²) in [6.45, 7) is 0.457. The summed E-state index contributed by atoms with van der Waals surface area (Å²) in [6, 6.07) is 11.5. The van der Waals surface area contributed by atoms with Crippen molar-refractivity contribution < 1.29 is 9.32 Å². The second-order valence-corrected chi connectivity index (χ2v) is 6.84. The Morgan fingerprint density at radius 3 is 2.62 bits per heavy atom. The lowest BCUT2D eigenvalue weighted by Gasteiger charge is -2.11. The smallest absolute Gasteiger partial charge is 0.162 e. The van der Waals surface area contributed by atoms with E-state index in [4.69, 9.17) is 5.11 Å². The first-order valence-corrected chi connectivity index (χ1v) is 9.13. The molecule has 0 aliphatic carbocycles. The van der Waals surface area contributed by atoms with Crippen LogP contribution in [0.2, 0.25) is 0 Å². The number of anilines is 1. The number of hydrogen-bond donors (Lipinski definition) is 2. The van der Waals surface area contributed by atoms with Gasteiger partial charge in [0.25, 0.3) is 0 Å². The summed E-state index contributed by atoms with van der Waals surface area (Å²) in [6.07, 6.45) is 3.41. The molecule has 0 radical (unpaired) electrons. The fourth-order valence-electron chi connectivity index (χ4n) is 2.33. The minimum Gasteiger partial charge on any atom is -0.395 e.